The maximum Gasteiger partial charge on any atom is 0.169 e. The zero-order chi connectivity index (χ0) is 15.2. The third-order valence-electron chi connectivity index (χ3n) is 3.52. The molecule has 0 spiro atoms. The van der Waals surface area contributed by atoms with Crippen molar-refractivity contribution in [2.24, 2.45) is 0 Å². The van der Waals surface area contributed by atoms with Gasteiger partial charge < -0.3 is 19.9 Å². The molecule has 0 radical (unpaired) electrons. The molecule has 1 N–H and O–H groups in total. The molecule has 1 fully saturated rings. The van der Waals surface area contributed by atoms with Gasteiger partial charge in [-0.15, -0.1) is 0 Å². The Kier molecular flexibility index (Phi) is 5.76. The molecule has 1 heterocycles. The average molecular weight is 323 g/mol. The van der Waals surface area contributed by atoms with Gasteiger partial charge >= 0.3 is 0 Å². The van der Waals surface area contributed by atoms with Crippen molar-refractivity contribution < 1.29 is 4.74 Å². The van der Waals surface area contributed by atoms with Crippen LogP contribution in [0.4, 0.5) is 0 Å². The molecule has 0 bridgehead atoms. The Bertz CT molecular complexity index is 496. The normalized spacial score (nSPS) is 14.8. The standard InChI is InChI=1S/C15H21N3OS2/c1-3-16-15(21)18-10-8-17(9-11-18)14(20)12-4-6-13(19-2)7-5-12/h4-7H,3,8-11H2,1-2H3,(H,16,21). The number of benzene rings is 1. The SMILES string of the molecule is CCNC(=S)N1CCN(C(=S)c2ccc(OC)cc2)CC1. The van der Waals surface area contributed by atoms with Crippen LogP contribution in [0.5, 0.6) is 5.75 Å². The van der Waals surface area contributed by atoms with Crippen LogP contribution in [-0.2, 0) is 0 Å². The zero-order valence-electron chi connectivity index (χ0n) is 12.5. The molecular formula is C15H21N3OS2. The highest BCUT2D eigenvalue weighted by Gasteiger charge is 2.20. The summed E-state index contributed by atoms with van der Waals surface area (Å²) in [6, 6.07) is 7.91. The van der Waals surface area contributed by atoms with E-state index >= 15 is 0 Å². The number of methoxy groups -OCH3 is 1. The zero-order valence-corrected chi connectivity index (χ0v) is 14.1. The molecule has 4 nitrogen and oxygen atoms in total. The number of hydrogen-bond donors (Lipinski definition) is 1. The molecule has 1 aromatic carbocycles. The van der Waals surface area contributed by atoms with Crippen LogP contribution < -0.4 is 10.1 Å². The molecule has 0 saturated carbocycles. The van der Waals surface area contributed by atoms with Crippen LogP contribution in [0.25, 0.3) is 0 Å². The Morgan fingerprint density at radius 2 is 1.67 bits per heavy atom. The summed E-state index contributed by atoms with van der Waals surface area (Å²) in [5, 5.41) is 4.04. The first-order valence-electron chi connectivity index (χ1n) is 7.11. The fraction of sp³-hybridized carbons (Fsp3) is 0.467. The Balaban J connectivity index is 1.92. The van der Waals surface area contributed by atoms with Gasteiger partial charge in [-0.05, 0) is 43.4 Å². The minimum atomic E-state index is 0.840. The summed E-state index contributed by atoms with van der Waals surface area (Å²) in [5.74, 6) is 0.849. The van der Waals surface area contributed by atoms with Crippen molar-refractivity contribution >= 4 is 34.5 Å². The molecule has 1 saturated heterocycles. The smallest absolute Gasteiger partial charge is 0.169 e. The van der Waals surface area contributed by atoms with Gasteiger partial charge in [-0.25, -0.2) is 0 Å². The number of piperazine rings is 1. The van der Waals surface area contributed by atoms with Gasteiger partial charge in [0.05, 0.1) is 7.11 Å². The van der Waals surface area contributed by atoms with Crippen molar-refractivity contribution in [2.75, 3.05) is 39.8 Å². The fourth-order valence-electron chi connectivity index (χ4n) is 2.29. The molecule has 0 atom stereocenters. The summed E-state index contributed by atoms with van der Waals surface area (Å²) in [6.45, 7) is 6.53. The fourth-order valence-corrected chi connectivity index (χ4v) is 2.94. The first-order chi connectivity index (χ1) is 10.2. The van der Waals surface area contributed by atoms with Crippen LogP contribution in [0.15, 0.2) is 24.3 Å². The molecule has 0 amide bonds. The van der Waals surface area contributed by atoms with Crippen LogP contribution in [0, 0.1) is 0 Å². The summed E-state index contributed by atoms with van der Waals surface area (Å²) in [6.07, 6.45) is 0. The van der Waals surface area contributed by atoms with E-state index in [0.717, 1.165) is 54.1 Å². The third kappa shape index (κ3) is 4.04. The number of rotatable bonds is 3. The molecule has 6 heteroatoms. The number of nitrogens with one attached hydrogen (secondary N) is 1. The van der Waals surface area contributed by atoms with E-state index in [2.05, 4.69) is 22.0 Å². The first-order valence-corrected chi connectivity index (χ1v) is 7.93. The Labute approximate surface area is 137 Å². The molecule has 21 heavy (non-hydrogen) atoms. The monoisotopic (exact) mass is 323 g/mol. The summed E-state index contributed by atoms with van der Waals surface area (Å²) in [5.41, 5.74) is 1.06. The van der Waals surface area contributed by atoms with Gasteiger partial charge in [0, 0.05) is 38.3 Å². The molecule has 1 aromatic rings. The van der Waals surface area contributed by atoms with E-state index in [1.54, 1.807) is 7.11 Å². The minimum Gasteiger partial charge on any atom is -0.497 e. The Hall–Kier alpha value is -1.40. The highest BCUT2D eigenvalue weighted by atomic mass is 32.1. The van der Waals surface area contributed by atoms with E-state index in [1.807, 2.05) is 24.3 Å². The van der Waals surface area contributed by atoms with Crippen LogP contribution >= 0.6 is 24.4 Å². The predicted molar refractivity (Wildman–Crippen MR) is 94.1 cm³/mol. The first kappa shape index (κ1) is 16.0. The quantitative estimate of drug-likeness (QED) is 0.854. The van der Waals surface area contributed by atoms with Crippen molar-refractivity contribution in [3.8, 4) is 5.75 Å². The van der Waals surface area contributed by atoms with E-state index in [4.69, 9.17) is 29.2 Å². The molecule has 1 aliphatic rings. The van der Waals surface area contributed by atoms with Gasteiger partial charge in [0.1, 0.15) is 10.7 Å². The molecule has 0 aliphatic carbocycles. The largest absolute Gasteiger partial charge is 0.497 e. The second kappa shape index (κ2) is 7.56. The Morgan fingerprint density at radius 1 is 1.10 bits per heavy atom. The maximum atomic E-state index is 5.59. The highest BCUT2D eigenvalue weighted by molar-refractivity contribution is 7.80. The lowest BCUT2D eigenvalue weighted by molar-refractivity contribution is 0.260. The van der Waals surface area contributed by atoms with E-state index in [9.17, 15) is 0 Å². The van der Waals surface area contributed by atoms with E-state index in [1.165, 1.54) is 0 Å². The van der Waals surface area contributed by atoms with E-state index in [0.29, 0.717) is 0 Å². The van der Waals surface area contributed by atoms with Crippen molar-refractivity contribution in [3.05, 3.63) is 29.8 Å². The summed E-state index contributed by atoms with van der Waals surface area (Å²) >= 11 is 10.9. The number of ether oxygens (including phenoxy) is 1. The van der Waals surface area contributed by atoms with Gasteiger partial charge in [0.15, 0.2) is 5.11 Å². The topological polar surface area (TPSA) is 27.7 Å². The molecule has 1 aliphatic heterocycles. The summed E-state index contributed by atoms with van der Waals surface area (Å²) in [7, 11) is 1.67. The van der Waals surface area contributed by atoms with Gasteiger partial charge in [-0.2, -0.15) is 0 Å². The van der Waals surface area contributed by atoms with Crippen LogP contribution in [0.1, 0.15) is 12.5 Å². The molecule has 0 aromatic heterocycles. The van der Waals surface area contributed by atoms with Crippen LogP contribution in [0.2, 0.25) is 0 Å². The van der Waals surface area contributed by atoms with Crippen molar-refractivity contribution in [3.63, 3.8) is 0 Å². The van der Waals surface area contributed by atoms with Crippen molar-refractivity contribution in [1.29, 1.82) is 0 Å². The average Bonchev–Trinajstić information content (AvgIpc) is 2.54. The van der Waals surface area contributed by atoms with Crippen LogP contribution in [-0.4, -0.2) is 59.7 Å². The van der Waals surface area contributed by atoms with Crippen molar-refractivity contribution in [2.45, 2.75) is 6.92 Å². The number of hydrogen-bond acceptors (Lipinski definition) is 3. The molecular weight excluding hydrogens is 302 g/mol. The van der Waals surface area contributed by atoms with Crippen LogP contribution in [0.3, 0.4) is 0 Å². The number of nitrogens with zero attached hydrogens (tertiary/aromatic N) is 2. The summed E-state index contributed by atoms with van der Waals surface area (Å²) < 4.78 is 5.17. The lowest BCUT2D eigenvalue weighted by Crippen LogP contribution is -2.52. The van der Waals surface area contributed by atoms with Gasteiger partial charge in [0.25, 0.3) is 0 Å². The Morgan fingerprint density at radius 3 is 2.19 bits per heavy atom. The molecule has 2 rings (SSSR count). The third-order valence-corrected chi connectivity index (χ3v) is 4.42. The second-order valence-electron chi connectivity index (χ2n) is 4.84. The lowest BCUT2D eigenvalue weighted by Gasteiger charge is -2.37. The van der Waals surface area contributed by atoms with E-state index in [-0.39, 0.29) is 0 Å². The lowest BCUT2D eigenvalue weighted by atomic mass is 10.2. The molecule has 114 valence electrons. The van der Waals surface area contributed by atoms with Gasteiger partial charge in [-0.1, -0.05) is 12.2 Å². The highest BCUT2D eigenvalue weighted by Crippen LogP contribution is 2.15. The number of thiocarbonyl (C=S) groups is 2. The second-order valence-corrected chi connectivity index (χ2v) is 5.62. The van der Waals surface area contributed by atoms with Crippen molar-refractivity contribution in [1.82, 2.24) is 15.1 Å². The minimum absolute atomic E-state index is 0.840. The van der Waals surface area contributed by atoms with Gasteiger partial charge in [0.2, 0.25) is 0 Å². The summed E-state index contributed by atoms with van der Waals surface area (Å²) in [4.78, 5) is 5.33. The van der Waals surface area contributed by atoms with E-state index < -0.39 is 0 Å². The van der Waals surface area contributed by atoms with Gasteiger partial charge in [-0.3, -0.25) is 0 Å². The maximum absolute atomic E-state index is 5.59. The molecule has 0 unspecified atom stereocenters. The predicted octanol–water partition coefficient (Wildman–Crippen LogP) is 1.88.